The summed E-state index contributed by atoms with van der Waals surface area (Å²) >= 11 is 1.16. The Hall–Kier alpha value is -2.28. The maximum Gasteiger partial charge on any atom is 0.337 e. The molecule has 0 bridgehead atoms. The fourth-order valence-electron chi connectivity index (χ4n) is 1.30. The first-order chi connectivity index (χ1) is 8.56. The van der Waals surface area contributed by atoms with Crippen molar-refractivity contribution in [1.82, 2.24) is 9.97 Å². The largest absolute Gasteiger partial charge is 0.478 e. The molecule has 0 atom stereocenters. The summed E-state index contributed by atoms with van der Waals surface area (Å²) in [5.41, 5.74) is 5.50. The molecule has 6 nitrogen and oxygen atoms in total. The van der Waals surface area contributed by atoms with Gasteiger partial charge in [0.1, 0.15) is 0 Å². The van der Waals surface area contributed by atoms with E-state index in [0.29, 0.717) is 10.1 Å². The third kappa shape index (κ3) is 2.69. The van der Waals surface area contributed by atoms with Crippen molar-refractivity contribution >= 4 is 23.4 Å². The number of carbonyl (C=O) groups is 1. The third-order valence-corrected chi connectivity index (χ3v) is 3.01. The highest BCUT2D eigenvalue weighted by Gasteiger charge is 2.09. The molecule has 4 N–H and O–H groups in total. The van der Waals surface area contributed by atoms with Crippen molar-refractivity contribution in [3.63, 3.8) is 0 Å². The van der Waals surface area contributed by atoms with Gasteiger partial charge in [0.05, 0.1) is 5.56 Å². The van der Waals surface area contributed by atoms with Crippen LogP contribution >= 0.6 is 11.8 Å². The van der Waals surface area contributed by atoms with E-state index in [4.69, 9.17) is 10.8 Å². The van der Waals surface area contributed by atoms with E-state index in [9.17, 15) is 9.59 Å². The number of nitrogens with two attached hydrogens (primary N) is 1. The molecule has 0 radical (unpaired) electrons. The molecule has 1 aromatic heterocycles. The number of nitrogens with zero attached hydrogens (tertiary/aromatic N) is 1. The number of hydrogen-bond donors (Lipinski definition) is 3. The summed E-state index contributed by atoms with van der Waals surface area (Å²) in [6.07, 6.45) is 1.39. The first-order valence-electron chi connectivity index (χ1n) is 4.92. The number of aromatic carboxylic acids is 1. The topological polar surface area (TPSA) is 109 Å². The molecule has 0 amide bonds. The van der Waals surface area contributed by atoms with Crippen molar-refractivity contribution in [1.29, 1.82) is 0 Å². The molecule has 0 fully saturated rings. The van der Waals surface area contributed by atoms with Gasteiger partial charge in [-0.1, -0.05) is 11.8 Å². The summed E-state index contributed by atoms with van der Waals surface area (Å²) in [6.45, 7) is 0. The Labute approximate surface area is 106 Å². The molecule has 1 aromatic carbocycles. The van der Waals surface area contributed by atoms with Gasteiger partial charge in [-0.25, -0.2) is 9.78 Å². The second-order valence-electron chi connectivity index (χ2n) is 3.40. The first-order valence-corrected chi connectivity index (χ1v) is 5.74. The molecule has 92 valence electrons. The van der Waals surface area contributed by atoms with Crippen molar-refractivity contribution in [3.8, 4) is 0 Å². The minimum Gasteiger partial charge on any atom is -0.478 e. The Bertz CT molecular complexity index is 654. The zero-order chi connectivity index (χ0) is 13.1. The van der Waals surface area contributed by atoms with Gasteiger partial charge in [0.2, 0.25) is 0 Å². The van der Waals surface area contributed by atoms with Crippen LogP contribution in [-0.4, -0.2) is 21.0 Å². The van der Waals surface area contributed by atoms with Crippen molar-refractivity contribution in [3.05, 3.63) is 46.4 Å². The van der Waals surface area contributed by atoms with Gasteiger partial charge >= 0.3 is 5.97 Å². The number of carboxylic acids is 1. The van der Waals surface area contributed by atoms with Crippen molar-refractivity contribution in [2.24, 2.45) is 0 Å². The molecule has 7 heteroatoms. The lowest BCUT2D eigenvalue weighted by atomic mass is 10.2. The van der Waals surface area contributed by atoms with Crippen LogP contribution in [0.15, 0.2) is 45.3 Å². The van der Waals surface area contributed by atoms with Crippen LogP contribution in [0.3, 0.4) is 0 Å². The average molecular weight is 263 g/mol. The summed E-state index contributed by atoms with van der Waals surface area (Å²) in [7, 11) is 0. The molecule has 2 rings (SSSR count). The second-order valence-corrected chi connectivity index (χ2v) is 4.46. The minimum absolute atomic E-state index is 0.0262. The zero-order valence-electron chi connectivity index (χ0n) is 9.08. The van der Waals surface area contributed by atoms with E-state index in [2.05, 4.69) is 9.97 Å². The summed E-state index contributed by atoms with van der Waals surface area (Å²) in [4.78, 5) is 29.1. The summed E-state index contributed by atoms with van der Waals surface area (Å²) in [6, 6.07) is 5.91. The van der Waals surface area contributed by atoms with E-state index in [0.717, 1.165) is 11.8 Å². The van der Waals surface area contributed by atoms with E-state index in [1.54, 1.807) is 6.07 Å². The quantitative estimate of drug-likeness (QED) is 0.567. The number of aromatic amines is 1. The van der Waals surface area contributed by atoms with Crippen molar-refractivity contribution < 1.29 is 9.90 Å². The number of anilines is 1. The van der Waals surface area contributed by atoms with Crippen molar-refractivity contribution in [2.75, 3.05) is 5.73 Å². The molecule has 2 aromatic rings. The normalized spacial score (nSPS) is 10.2. The van der Waals surface area contributed by atoms with E-state index in [1.807, 2.05) is 0 Å². The van der Waals surface area contributed by atoms with Gasteiger partial charge in [-0.2, -0.15) is 0 Å². The monoisotopic (exact) mass is 263 g/mol. The lowest BCUT2D eigenvalue weighted by molar-refractivity contribution is 0.0698. The number of H-pyrrole nitrogens is 1. The van der Waals surface area contributed by atoms with E-state index >= 15 is 0 Å². The number of hydrogen-bond acceptors (Lipinski definition) is 5. The molecular formula is C11H9N3O3S. The predicted molar refractivity (Wildman–Crippen MR) is 66.8 cm³/mol. The Morgan fingerprint density at radius 2 is 2.17 bits per heavy atom. The fourth-order valence-corrected chi connectivity index (χ4v) is 2.10. The van der Waals surface area contributed by atoms with E-state index in [-0.39, 0.29) is 16.8 Å². The molecule has 0 unspecified atom stereocenters. The highest BCUT2D eigenvalue weighted by Crippen LogP contribution is 2.26. The number of rotatable bonds is 3. The van der Waals surface area contributed by atoms with Crippen LogP contribution < -0.4 is 11.3 Å². The van der Waals surface area contributed by atoms with Gasteiger partial charge in [0.25, 0.3) is 5.56 Å². The number of nitrogen functional groups attached to an aromatic ring is 1. The van der Waals surface area contributed by atoms with Gasteiger partial charge in [-0.3, -0.25) is 4.79 Å². The molecule has 0 aliphatic rings. The van der Waals surface area contributed by atoms with Crippen LogP contribution in [0.1, 0.15) is 10.4 Å². The standard InChI is InChI=1S/C11H9N3O3S/c12-8-2-1-6(5-7(8)10(16)17)18-11-13-4-3-9(15)14-11/h1-5H,12H2,(H,16,17)(H,13,14,15). The Morgan fingerprint density at radius 1 is 1.39 bits per heavy atom. The summed E-state index contributed by atoms with van der Waals surface area (Å²) in [5.74, 6) is -1.09. The van der Waals surface area contributed by atoms with E-state index in [1.165, 1.54) is 24.4 Å². The van der Waals surface area contributed by atoms with Crippen LogP contribution in [-0.2, 0) is 0 Å². The van der Waals surface area contributed by atoms with Gasteiger partial charge in [0.15, 0.2) is 5.16 Å². The average Bonchev–Trinajstić information content (AvgIpc) is 2.31. The van der Waals surface area contributed by atoms with Gasteiger partial charge < -0.3 is 15.8 Å². The van der Waals surface area contributed by atoms with Crippen molar-refractivity contribution in [2.45, 2.75) is 10.1 Å². The highest BCUT2D eigenvalue weighted by atomic mass is 32.2. The Morgan fingerprint density at radius 3 is 2.83 bits per heavy atom. The van der Waals surface area contributed by atoms with Gasteiger partial charge in [0, 0.05) is 22.8 Å². The second kappa shape index (κ2) is 4.92. The lowest BCUT2D eigenvalue weighted by Crippen LogP contribution is -2.05. The van der Waals surface area contributed by atoms with E-state index < -0.39 is 5.97 Å². The molecule has 0 spiro atoms. The highest BCUT2D eigenvalue weighted by molar-refractivity contribution is 7.99. The molecule has 0 aliphatic heterocycles. The minimum atomic E-state index is -1.09. The lowest BCUT2D eigenvalue weighted by Gasteiger charge is -2.04. The van der Waals surface area contributed by atoms with Crippen LogP contribution in [0.2, 0.25) is 0 Å². The van der Waals surface area contributed by atoms with Crippen LogP contribution in [0, 0.1) is 0 Å². The zero-order valence-corrected chi connectivity index (χ0v) is 9.90. The maximum atomic E-state index is 11.1. The molecular weight excluding hydrogens is 254 g/mol. The van der Waals surface area contributed by atoms with Gasteiger partial charge in [-0.05, 0) is 18.2 Å². The third-order valence-electron chi connectivity index (χ3n) is 2.12. The Balaban J connectivity index is 2.33. The molecule has 18 heavy (non-hydrogen) atoms. The first kappa shape index (κ1) is 12.2. The molecule has 0 saturated carbocycles. The number of aromatic nitrogens is 2. The fraction of sp³-hybridized carbons (Fsp3) is 0. The molecule has 1 heterocycles. The van der Waals surface area contributed by atoms with Crippen LogP contribution in [0.4, 0.5) is 5.69 Å². The SMILES string of the molecule is Nc1ccc(Sc2nccc(=O)[nH]2)cc1C(=O)O. The van der Waals surface area contributed by atoms with Gasteiger partial charge in [-0.15, -0.1) is 0 Å². The number of benzene rings is 1. The maximum absolute atomic E-state index is 11.1. The van der Waals surface area contributed by atoms with Crippen LogP contribution in [0.5, 0.6) is 0 Å². The smallest absolute Gasteiger partial charge is 0.337 e. The molecule has 0 saturated heterocycles. The predicted octanol–water partition coefficient (Wildman–Crippen LogP) is 1.20. The Kier molecular flexibility index (Phi) is 3.33. The van der Waals surface area contributed by atoms with Crippen LogP contribution in [0.25, 0.3) is 0 Å². The summed E-state index contributed by atoms with van der Waals surface area (Å²) in [5, 5.41) is 9.33. The number of carboxylic acid groups (broad SMARTS) is 1. The number of nitrogens with one attached hydrogen (secondary N) is 1. The molecule has 0 aliphatic carbocycles. The summed E-state index contributed by atoms with van der Waals surface area (Å²) < 4.78 is 0.